The number of aromatic nitrogens is 2. The van der Waals surface area contributed by atoms with E-state index < -0.39 is 48.1 Å². The van der Waals surface area contributed by atoms with Gasteiger partial charge in [0.1, 0.15) is 5.65 Å². The van der Waals surface area contributed by atoms with Gasteiger partial charge in [-0.2, -0.15) is 26.3 Å². The molecule has 174 valence electrons. The molecule has 0 spiro atoms. The van der Waals surface area contributed by atoms with Crippen LogP contribution in [0.1, 0.15) is 22.5 Å². The van der Waals surface area contributed by atoms with Crippen molar-refractivity contribution in [1.82, 2.24) is 14.3 Å². The number of benzene rings is 1. The van der Waals surface area contributed by atoms with E-state index in [9.17, 15) is 41.0 Å². The molecule has 1 aromatic carbocycles. The van der Waals surface area contributed by atoms with Gasteiger partial charge in [-0.3, -0.25) is 14.0 Å². The normalized spacial score (nSPS) is 19.3. The number of carbonyl (C=O) groups excluding carboxylic acids is 1. The van der Waals surface area contributed by atoms with Crippen molar-refractivity contribution < 1.29 is 36.2 Å². The third-order valence-corrected chi connectivity index (χ3v) is 5.49. The van der Waals surface area contributed by atoms with Crippen molar-refractivity contribution in [3.63, 3.8) is 0 Å². The van der Waals surface area contributed by atoms with Gasteiger partial charge in [0, 0.05) is 36.4 Å². The Balaban J connectivity index is 1.66. The highest BCUT2D eigenvalue weighted by atomic mass is 19.4. The summed E-state index contributed by atoms with van der Waals surface area (Å²) in [6, 6.07) is 8.66. The second-order valence-electron chi connectivity index (χ2n) is 7.68. The molecule has 12 heteroatoms. The molecular weight excluding hydrogens is 456 g/mol. The molecule has 1 saturated heterocycles. The third kappa shape index (κ3) is 4.06. The number of nitrogens with zero attached hydrogens (tertiary/aromatic N) is 3. The minimum Gasteiger partial charge on any atom is -0.379 e. The van der Waals surface area contributed by atoms with Crippen molar-refractivity contribution in [2.24, 2.45) is 0 Å². The monoisotopic (exact) mass is 471 g/mol. The number of aliphatic hydroxyl groups is 1. The fraction of sp³-hybridized carbons (Fsp3) is 0.286. The van der Waals surface area contributed by atoms with Gasteiger partial charge in [-0.25, -0.2) is 4.98 Å². The molecule has 6 nitrogen and oxygen atoms in total. The number of fused-ring (bicyclic) bond motifs is 1. The van der Waals surface area contributed by atoms with Gasteiger partial charge in [0.15, 0.2) is 11.3 Å². The first kappa shape index (κ1) is 22.8. The number of hydrogen-bond acceptors (Lipinski definition) is 4. The summed E-state index contributed by atoms with van der Waals surface area (Å²) < 4.78 is 79.3. The largest absolute Gasteiger partial charge is 0.433 e. The highest BCUT2D eigenvalue weighted by Crippen LogP contribution is 2.38. The Morgan fingerprint density at radius 2 is 1.73 bits per heavy atom. The number of β-amino-alcohol motifs (C(OH)–C–C–N with tert-alkyl or cyclic N) is 1. The molecule has 1 unspecified atom stereocenters. The maximum absolute atomic E-state index is 13.1. The highest BCUT2D eigenvalue weighted by Gasteiger charge is 2.57. The van der Waals surface area contributed by atoms with E-state index in [2.05, 4.69) is 4.98 Å². The van der Waals surface area contributed by atoms with Crippen LogP contribution >= 0.6 is 0 Å². The smallest absolute Gasteiger partial charge is 0.379 e. The Bertz CT molecular complexity index is 1280. The number of likely N-dealkylation sites (tertiary alicyclic amines) is 1. The van der Waals surface area contributed by atoms with Gasteiger partial charge in [0.2, 0.25) is 0 Å². The standard InChI is InChI=1S/C21H15F6N3O3/c22-20(23,24)15-10-16(31)30-8-1-2-14(17(30)28-15)12-3-5-13(6-4-12)18(32)29-9-7-19(33,11-29)21(25,26)27/h1-6,8,10,33H,7,9,11H2. The summed E-state index contributed by atoms with van der Waals surface area (Å²) in [5.74, 6) is -0.728. The molecule has 1 aliphatic rings. The lowest BCUT2D eigenvalue weighted by Gasteiger charge is -2.25. The van der Waals surface area contributed by atoms with Crippen LogP contribution in [0.5, 0.6) is 0 Å². The molecule has 1 aliphatic heterocycles. The van der Waals surface area contributed by atoms with Crippen molar-refractivity contribution in [1.29, 1.82) is 0 Å². The van der Waals surface area contributed by atoms with Crippen molar-refractivity contribution in [3.8, 4) is 11.1 Å². The van der Waals surface area contributed by atoms with Crippen molar-refractivity contribution in [3.05, 3.63) is 70.3 Å². The SMILES string of the molecule is O=C(c1ccc(-c2cccn3c(=O)cc(C(F)(F)F)nc23)cc1)N1CCC(O)(C(F)(F)F)C1. The molecule has 1 N–H and O–H groups in total. The first-order valence-corrected chi connectivity index (χ1v) is 9.59. The average Bonchev–Trinajstić information content (AvgIpc) is 3.16. The van der Waals surface area contributed by atoms with Crippen molar-refractivity contribution in [2.45, 2.75) is 24.4 Å². The van der Waals surface area contributed by atoms with Crippen LogP contribution in [0.25, 0.3) is 16.8 Å². The number of carbonyl (C=O) groups is 1. The molecule has 2 aromatic heterocycles. The maximum Gasteiger partial charge on any atom is 0.433 e. The van der Waals surface area contributed by atoms with Crippen molar-refractivity contribution >= 4 is 11.6 Å². The predicted molar refractivity (Wildman–Crippen MR) is 103 cm³/mol. The first-order chi connectivity index (χ1) is 15.3. The Labute approximate surface area is 181 Å². The van der Waals surface area contributed by atoms with Gasteiger partial charge in [-0.1, -0.05) is 12.1 Å². The van der Waals surface area contributed by atoms with Gasteiger partial charge < -0.3 is 10.0 Å². The average molecular weight is 471 g/mol. The van der Waals surface area contributed by atoms with Crippen molar-refractivity contribution in [2.75, 3.05) is 13.1 Å². The summed E-state index contributed by atoms with van der Waals surface area (Å²) in [7, 11) is 0. The van der Waals surface area contributed by atoms with E-state index in [0.717, 1.165) is 9.30 Å². The molecule has 1 fully saturated rings. The summed E-state index contributed by atoms with van der Waals surface area (Å²) in [6.07, 6.45) is -9.08. The lowest BCUT2D eigenvalue weighted by Crippen LogP contribution is -2.48. The molecular formula is C21H15F6N3O3. The van der Waals surface area contributed by atoms with Crippen LogP contribution in [-0.4, -0.2) is 50.2 Å². The van der Waals surface area contributed by atoms with E-state index in [1.54, 1.807) is 0 Å². The fourth-order valence-corrected chi connectivity index (χ4v) is 3.67. The zero-order valence-corrected chi connectivity index (χ0v) is 16.6. The molecule has 33 heavy (non-hydrogen) atoms. The van der Waals surface area contributed by atoms with Crippen LogP contribution < -0.4 is 5.56 Å². The van der Waals surface area contributed by atoms with Gasteiger partial charge in [-0.15, -0.1) is 0 Å². The molecule has 1 atom stereocenters. The molecule has 4 rings (SSSR count). The highest BCUT2D eigenvalue weighted by molar-refractivity contribution is 5.95. The molecule has 0 radical (unpaired) electrons. The minimum absolute atomic E-state index is 0.0338. The van der Waals surface area contributed by atoms with Crippen LogP contribution in [0.4, 0.5) is 26.3 Å². The number of halogens is 6. The predicted octanol–water partition coefficient (Wildman–Crippen LogP) is 3.52. The lowest BCUT2D eigenvalue weighted by atomic mass is 10.0. The number of pyridine rings is 1. The molecule has 0 saturated carbocycles. The first-order valence-electron chi connectivity index (χ1n) is 9.59. The summed E-state index contributed by atoms with van der Waals surface area (Å²) in [5.41, 5.74) is -4.93. The van der Waals surface area contributed by atoms with Crippen LogP contribution in [-0.2, 0) is 6.18 Å². The molecule has 0 aliphatic carbocycles. The van der Waals surface area contributed by atoms with E-state index in [-0.39, 0.29) is 23.3 Å². The van der Waals surface area contributed by atoms with Crippen LogP contribution in [0.2, 0.25) is 0 Å². The molecule has 3 aromatic rings. The summed E-state index contributed by atoms with van der Waals surface area (Å²) in [5, 5.41) is 9.76. The second-order valence-corrected chi connectivity index (χ2v) is 7.68. The van der Waals surface area contributed by atoms with Crippen LogP contribution in [0.15, 0.2) is 53.5 Å². The topological polar surface area (TPSA) is 74.9 Å². The van der Waals surface area contributed by atoms with Gasteiger partial charge in [0.05, 0.1) is 6.54 Å². The second kappa shape index (κ2) is 7.58. The fourth-order valence-electron chi connectivity index (χ4n) is 3.67. The van der Waals surface area contributed by atoms with Gasteiger partial charge >= 0.3 is 12.4 Å². The molecule has 0 bridgehead atoms. The third-order valence-electron chi connectivity index (χ3n) is 5.49. The Morgan fingerprint density at radius 1 is 1.06 bits per heavy atom. The van der Waals surface area contributed by atoms with E-state index in [1.165, 1.54) is 42.6 Å². The summed E-state index contributed by atoms with van der Waals surface area (Å²) >= 11 is 0. The van der Waals surface area contributed by atoms with E-state index in [4.69, 9.17) is 0 Å². The quantitative estimate of drug-likeness (QED) is 0.581. The number of rotatable bonds is 2. The zero-order valence-electron chi connectivity index (χ0n) is 16.6. The van der Waals surface area contributed by atoms with E-state index in [0.29, 0.717) is 11.6 Å². The van der Waals surface area contributed by atoms with E-state index in [1.807, 2.05) is 0 Å². The Morgan fingerprint density at radius 3 is 2.30 bits per heavy atom. The minimum atomic E-state index is -4.87. The Hall–Kier alpha value is -3.41. The zero-order chi connectivity index (χ0) is 24.2. The van der Waals surface area contributed by atoms with Crippen LogP contribution in [0.3, 0.4) is 0 Å². The van der Waals surface area contributed by atoms with Gasteiger partial charge in [0.25, 0.3) is 11.5 Å². The molecule has 3 heterocycles. The van der Waals surface area contributed by atoms with E-state index >= 15 is 0 Å². The molecule has 1 amide bonds. The number of amides is 1. The van der Waals surface area contributed by atoms with Gasteiger partial charge in [-0.05, 0) is 29.8 Å². The lowest BCUT2D eigenvalue weighted by molar-refractivity contribution is -0.253. The maximum atomic E-state index is 13.1. The van der Waals surface area contributed by atoms with Crippen LogP contribution in [0, 0.1) is 0 Å². The number of alkyl halides is 6. The number of hydrogen-bond donors (Lipinski definition) is 1. The Kier molecular flexibility index (Phi) is 5.23. The summed E-state index contributed by atoms with van der Waals surface area (Å²) in [4.78, 5) is 29.2. The summed E-state index contributed by atoms with van der Waals surface area (Å²) in [6.45, 7) is -1.18.